The molecule has 1 heterocycles. The smallest absolute Gasteiger partial charge is 0.410 e. The Morgan fingerprint density at radius 2 is 1.58 bits per heavy atom. The molecule has 6 heteroatoms. The molecule has 0 aliphatic carbocycles. The number of anilines is 1. The number of primary amides is 1. The minimum Gasteiger partial charge on any atom is -0.444 e. The number of ether oxygens (including phenoxy) is 1. The fraction of sp³-hybridized carbons (Fsp3) is 0.556. The predicted octanol–water partition coefficient (Wildman–Crippen LogP) is 2.62. The maximum absolute atomic E-state index is 12.4. The average molecular weight is 333 g/mol. The molecule has 0 saturated carbocycles. The van der Waals surface area contributed by atoms with Crippen LogP contribution in [0, 0.1) is 0 Å². The van der Waals surface area contributed by atoms with Gasteiger partial charge in [0.15, 0.2) is 0 Å². The standard InChI is InChI=1S/C18H27N3O3/c1-12-10-20(15-8-6-14(7-9-15)16(19)22)11-13(2)21(12)17(23)24-18(3,4)5/h6-9,12-13H,10-11H2,1-5H3,(H2,19,22)/t12-,13+. The monoisotopic (exact) mass is 333 g/mol. The normalized spacial score (nSPS) is 21.5. The van der Waals surface area contributed by atoms with E-state index in [4.69, 9.17) is 10.5 Å². The second-order valence-corrected chi connectivity index (χ2v) is 7.40. The summed E-state index contributed by atoms with van der Waals surface area (Å²) in [5.74, 6) is -0.432. The van der Waals surface area contributed by atoms with Gasteiger partial charge in [0.2, 0.25) is 5.91 Å². The molecule has 0 bridgehead atoms. The van der Waals surface area contributed by atoms with E-state index in [9.17, 15) is 9.59 Å². The molecule has 24 heavy (non-hydrogen) atoms. The van der Waals surface area contributed by atoms with Gasteiger partial charge in [-0.15, -0.1) is 0 Å². The molecule has 2 rings (SSSR count). The molecule has 0 unspecified atom stereocenters. The van der Waals surface area contributed by atoms with Crippen LogP contribution in [0.15, 0.2) is 24.3 Å². The van der Waals surface area contributed by atoms with Crippen LogP contribution in [-0.4, -0.2) is 47.7 Å². The molecule has 2 N–H and O–H groups in total. The van der Waals surface area contributed by atoms with E-state index in [1.165, 1.54) is 0 Å². The van der Waals surface area contributed by atoms with Gasteiger partial charge in [0.05, 0.1) is 12.1 Å². The van der Waals surface area contributed by atoms with E-state index < -0.39 is 11.5 Å². The van der Waals surface area contributed by atoms with Crippen molar-refractivity contribution in [2.24, 2.45) is 5.73 Å². The molecular weight excluding hydrogens is 306 g/mol. The number of hydrogen-bond donors (Lipinski definition) is 1. The van der Waals surface area contributed by atoms with Crippen molar-refractivity contribution in [2.75, 3.05) is 18.0 Å². The third-order valence-corrected chi connectivity index (χ3v) is 4.04. The van der Waals surface area contributed by atoms with Crippen LogP contribution in [0.5, 0.6) is 0 Å². The Kier molecular flexibility index (Phi) is 5.06. The van der Waals surface area contributed by atoms with Gasteiger partial charge in [0.1, 0.15) is 5.60 Å². The molecule has 1 aromatic carbocycles. The second kappa shape index (κ2) is 6.71. The molecule has 1 aliphatic rings. The summed E-state index contributed by atoms with van der Waals surface area (Å²) in [5, 5.41) is 0. The van der Waals surface area contributed by atoms with Crippen LogP contribution in [0.25, 0.3) is 0 Å². The van der Waals surface area contributed by atoms with Gasteiger partial charge in [-0.2, -0.15) is 0 Å². The number of amides is 2. The van der Waals surface area contributed by atoms with Gasteiger partial charge in [0, 0.05) is 24.3 Å². The molecule has 0 spiro atoms. The highest BCUT2D eigenvalue weighted by Gasteiger charge is 2.35. The summed E-state index contributed by atoms with van der Waals surface area (Å²) in [6, 6.07) is 7.30. The third-order valence-electron chi connectivity index (χ3n) is 4.04. The zero-order valence-electron chi connectivity index (χ0n) is 15.1. The molecule has 2 atom stereocenters. The van der Waals surface area contributed by atoms with Gasteiger partial charge in [0.25, 0.3) is 0 Å². The Morgan fingerprint density at radius 3 is 2.00 bits per heavy atom. The molecule has 0 radical (unpaired) electrons. The van der Waals surface area contributed by atoms with Crippen molar-refractivity contribution in [1.29, 1.82) is 0 Å². The van der Waals surface area contributed by atoms with Crippen molar-refractivity contribution >= 4 is 17.7 Å². The quantitative estimate of drug-likeness (QED) is 0.902. The van der Waals surface area contributed by atoms with Crippen molar-refractivity contribution in [3.05, 3.63) is 29.8 Å². The largest absolute Gasteiger partial charge is 0.444 e. The number of benzene rings is 1. The fourth-order valence-electron chi connectivity index (χ4n) is 3.04. The summed E-state index contributed by atoms with van der Waals surface area (Å²) in [6.07, 6.45) is -0.272. The number of hydrogen-bond acceptors (Lipinski definition) is 4. The Morgan fingerprint density at radius 1 is 1.08 bits per heavy atom. The fourth-order valence-corrected chi connectivity index (χ4v) is 3.04. The summed E-state index contributed by atoms with van der Waals surface area (Å²) < 4.78 is 5.52. The van der Waals surface area contributed by atoms with E-state index in [-0.39, 0.29) is 18.2 Å². The van der Waals surface area contributed by atoms with Crippen molar-refractivity contribution in [3.63, 3.8) is 0 Å². The van der Waals surface area contributed by atoms with Crippen molar-refractivity contribution in [3.8, 4) is 0 Å². The Balaban J connectivity index is 2.09. The van der Waals surface area contributed by atoms with Crippen molar-refractivity contribution in [1.82, 2.24) is 4.90 Å². The predicted molar refractivity (Wildman–Crippen MR) is 94.2 cm³/mol. The molecule has 132 valence electrons. The first-order valence-corrected chi connectivity index (χ1v) is 8.24. The molecule has 1 saturated heterocycles. The SMILES string of the molecule is C[C@@H]1CN(c2ccc(C(N)=O)cc2)C[C@H](C)N1C(=O)OC(C)(C)C. The maximum Gasteiger partial charge on any atom is 0.410 e. The highest BCUT2D eigenvalue weighted by molar-refractivity contribution is 5.93. The molecular formula is C18H27N3O3. The highest BCUT2D eigenvalue weighted by Crippen LogP contribution is 2.24. The lowest BCUT2D eigenvalue weighted by atomic mass is 10.1. The summed E-state index contributed by atoms with van der Waals surface area (Å²) in [7, 11) is 0. The number of nitrogens with zero attached hydrogens (tertiary/aromatic N) is 2. The van der Waals surface area contributed by atoms with Crippen LogP contribution in [-0.2, 0) is 4.74 Å². The van der Waals surface area contributed by atoms with Gasteiger partial charge in [-0.1, -0.05) is 0 Å². The zero-order valence-corrected chi connectivity index (χ0v) is 15.1. The Bertz CT molecular complexity index is 595. The van der Waals surface area contributed by atoms with E-state index >= 15 is 0 Å². The van der Waals surface area contributed by atoms with Crippen LogP contribution in [0.4, 0.5) is 10.5 Å². The first-order valence-electron chi connectivity index (χ1n) is 8.24. The summed E-state index contributed by atoms with van der Waals surface area (Å²) in [5.41, 5.74) is 6.28. The lowest BCUT2D eigenvalue weighted by molar-refractivity contribution is 0.00565. The summed E-state index contributed by atoms with van der Waals surface area (Å²) >= 11 is 0. The number of rotatable bonds is 2. The van der Waals surface area contributed by atoms with E-state index in [2.05, 4.69) is 4.90 Å². The van der Waals surface area contributed by atoms with E-state index in [1.807, 2.05) is 46.8 Å². The Hall–Kier alpha value is -2.24. The average Bonchev–Trinajstić information content (AvgIpc) is 2.44. The molecule has 1 aliphatic heterocycles. The van der Waals surface area contributed by atoms with E-state index in [0.717, 1.165) is 5.69 Å². The van der Waals surface area contributed by atoms with Gasteiger partial charge in [-0.05, 0) is 58.9 Å². The van der Waals surface area contributed by atoms with E-state index in [0.29, 0.717) is 18.7 Å². The first kappa shape index (κ1) is 18.1. The van der Waals surface area contributed by atoms with Crippen molar-refractivity contribution < 1.29 is 14.3 Å². The summed E-state index contributed by atoms with van der Waals surface area (Å²) in [4.78, 5) is 27.6. The van der Waals surface area contributed by atoms with E-state index in [1.54, 1.807) is 17.0 Å². The number of carbonyl (C=O) groups excluding carboxylic acids is 2. The van der Waals surface area contributed by atoms with Crippen LogP contribution >= 0.6 is 0 Å². The highest BCUT2D eigenvalue weighted by atomic mass is 16.6. The van der Waals surface area contributed by atoms with Gasteiger partial charge in [-0.3, -0.25) is 9.69 Å². The minimum atomic E-state index is -0.502. The van der Waals surface area contributed by atoms with Crippen LogP contribution < -0.4 is 10.6 Å². The number of nitrogens with two attached hydrogens (primary N) is 1. The molecule has 1 aromatic rings. The lowest BCUT2D eigenvalue weighted by Gasteiger charge is -2.45. The topological polar surface area (TPSA) is 75.9 Å². The van der Waals surface area contributed by atoms with Gasteiger partial charge < -0.3 is 15.4 Å². The van der Waals surface area contributed by atoms with Gasteiger partial charge >= 0.3 is 6.09 Å². The zero-order chi connectivity index (χ0) is 18.1. The number of carbonyl (C=O) groups is 2. The second-order valence-electron chi connectivity index (χ2n) is 7.40. The van der Waals surface area contributed by atoms with Crippen LogP contribution in [0.3, 0.4) is 0 Å². The molecule has 2 amide bonds. The first-order chi connectivity index (χ1) is 11.1. The van der Waals surface area contributed by atoms with Gasteiger partial charge in [-0.25, -0.2) is 4.79 Å². The number of piperazine rings is 1. The third kappa shape index (κ3) is 4.19. The summed E-state index contributed by atoms with van der Waals surface area (Å²) in [6.45, 7) is 11.1. The molecule has 0 aromatic heterocycles. The maximum atomic E-state index is 12.4. The molecule has 6 nitrogen and oxygen atoms in total. The van der Waals surface area contributed by atoms with Crippen molar-refractivity contribution in [2.45, 2.75) is 52.3 Å². The lowest BCUT2D eigenvalue weighted by Crippen LogP contribution is -2.59. The minimum absolute atomic E-state index is 0.0272. The van der Waals surface area contributed by atoms with Crippen LogP contribution in [0.1, 0.15) is 45.0 Å². The Labute approximate surface area is 143 Å². The molecule has 1 fully saturated rings. The van der Waals surface area contributed by atoms with Crippen LogP contribution in [0.2, 0.25) is 0 Å².